The highest BCUT2D eigenvalue weighted by atomic mass is 35.5. The third-order valence-corrected chi connectivity index (χ3v) is 4.79. The minimum absolute atomic E-state index is 0. The minimum Gasteiger partial charge on any atom is -0.337 e. The highest BCUT2D eigenvalue weighted by molar-refractivity contribution is 6.30. The topological polar surface area (TPSA) is 50.2 Å². The Balaban J connectivity index is 0.00000156. The number of carbonyl (C=O) groups excluding carboxylic acids is 1. The molecule has 0 aliphatic carbocycles. The van der Waals surface area contributed by atoms with Crippen molar-refractivity contribution in [2.45, 2.75) is 0 Å². The molecule has 1 N–H and O–H groups in total. The zero-order valence-corrected chi connectivity index (χ0v) is 14.1. The summed E-state index contributed by atoms with van der Waals surface area (Å²) in [7, 11) is 0. The molecular formula is C16H18Cl2N4O. The number of nitrogens with one attached hydrogen (secondary N) is 1. The summed E-state index contributed by atoms with van der Waals surface area (Å²) in [5, 5.41) is 8.45. The van der Waals surface area contributed by atoms with E-state index in [0.29, 0.717) is 22.6 Å². The number of carbonyl (C=O) groups is 1. The molecule has 5 nitrogen and oxygen atoms in total. The molecule has 2 aliphatic rings. The molecule has 0 unspecified atom stereocenters. The predicted octanol–water partition coefficient (Wildman–Crippen LogP) is 2.24. The first-order valence-corrected chi connectivity index (χ1v) is 7.90. The van der Waals surface area contributed by atoms with Crippen molar-refractivity contribution < 1.29 is 4.79 Å². The molecule has 2 atom stereocenters. The molecule has 0 bridgehead atoms. The maximum absolute atomic E-state index is 12.6. The van der Waals surface area contributed by atoms with Crippen molar-refractivity contribution in [3.05, 3.63) is 47.2 Å². The molecule has 7 heteroatoms. The van der Waals surface area contributed by atoms with Gasteiger partial charge < -0.3 is 10.2 Å². The molecule has 2 aliphatic heterocycles. The lowest BCUT2D eigenvalue weighted by atomic mass is 10.0. The molecule has 1 aromatic heterocycles. The van der Waals surface area contributed by atoms with Crippen LogP contribution in [0.2, 0.25) is 5.02 Å². The van der Waals surface area contributed by atoms with Crippen LogP contribution >= 0.6 is 24.0 Å². The predicted molar refractivity (Wildman–Crippen MR) is 91.6 cm³/mol. The van der Waals surface area contributed by atoms with Crippen molar-refractivity contribution in [1.82, 2.24) is 20.0 Å². The number of benzene rings is 1. The number of rotatable bonds is 2. The standard InChI is InChI=1S/C16H17ClN4O.ClH/c17-13-2-1-3-14(6-13)21-5-4-15(19-21)16(22)20-9-11-7-18-8-12(11)10-20;/h1-6,11-12,18H,7-10H2;1H/t11-,12+;. The lowest BCUT2D eigenvalue weighted by molar-refractivity contribution is 0.0775. The van der Waals surface area contributed by atoms with Crippen molar-refractivity contribution in [1.29, 1.82) is 0 Å². The number of hydrogen-bond acceptors (Lipinski definition) is 3. The maximum atomic E-state index is 12.6. The van der Waals surface area contributed by atoms with Gasteiger partial charge in [0.05, 0.1) is 5.69 Å². The van der Waals surface area contributed by atoms with Gasteiger partial charge in [-0.05, 0) is 36.1 Å². The van der Waals surface area contributed by atoms with E-state index in [4.69, 9.17) is 11.6 Å². The molecule has 2 aromatic rings. The van der Waals surface area contributed by atoms with E-state index in [-0.39, 0.29) is 18.3 Å². The second-order valence-corrected chi connectivity index (χ2v) is 6.45. The van der Waals surface area contributed by atoms with E-state index in [1.165, 1.54) is 0 Å². The summed E-state index contributed by atoms with van der Waals surface area (Å²) in [4.78, 5) is 14.5. The number of nitrogens with zero attached hydrogens (tertiary/aromatic N) is 3. The zero-order valence-electron chi connectivity index (χ0n) is 12.5. The van der Waals surface area contributed by atoms with Crippen LogP contribution < -0.4 is 5.32 Å². The number of likely N-dealkylation sites (tertiary alicyclic amines) is 1. The van der Waals surface area contributed by atoms with Crippen molar-refractivity contribution >= 4 is 29.9 Å². The number of aromatic nitrogens is 2. The van der Waals surface area contributed by atoms with Crippen molar-refractivity contribution in [2.75, 3.05) is 26.2 Å². The van der Waals surface area contributed by atoms with Gasteiger partial charge >= 0.3 is 0 Å². The average molecular weight is 353 g/mol. The van der Waals surface area contributed by atoms with E-state index in [2.05, 4.69) is 10.4 Å². The third-order valence-electron chi connectivity index (χ3n) is 4.56. The Morgan fingerprint density at radius 1 is 1.22 bits per heavy atom. The Bertz CT molecular complexity index is 706. The average Bonchev–Trinajstić information content (AvgIpc) is 3.22. The Labute approximate surface area is 146 Å². The van der Waals surface area contributed by atoms with Crippen LogP contribution in [0.25, 0.3) is 5.69 Å². The third kappa shape index (κ3) is 3.09. The fraction of sp³-hybridized carbons (Fsp3) is 0.375. The summed E-state index contributed by atoms with van der Waals surface area (Å²) in [5.41, 5.74) is 1.35. The highest BCUT2D eigenvalue weighted by Crippen LogP contribution is 2.27. The van der Waals surface area contributed by atoms with Gasteiger partial charge in [-0.2, -0.15) is 5.10 Å². The number of hydrogen-bond donors (Lipinski definition) is 1. The molecule has 122 valence electrons. The van der Waals surface area contributed by atoms with Gasteiger partial charge in [-0.15, -0.1) is 12.4 Å². The fourth-order valence-electron chi connectivity index (χ4n) is 3.38. The van der Waals surface area contributed by atoms with Crippen LogP contribution in [-0.2, 0) is 0 Å². The molecule has 1 amide bonds. The van der Waals surface area contributed by atoms with Gasteiger partial charge in [0.25, 0.3) is 5.91 Å². The second kappa shape index (κ2) is 6.51. The molecule has 1 aromatic carbocycles. The normalized spacial score (nSPS) is 22.7. The number of amides is 1. The van der Waals surface area contributed by atoms with Gasteiger partial charge in [0.2, 0.25) is 0 Å². The smallest absolute Gasteiger partial charge is 0.274 e. The van der Waals surface area contributed by atoms with Crippen molar-refractivity contribution in [3.63, 3.8) is 0 Å². The molecule has 0 spiro atoms. The first kappa shape index (κ1) is 16.3. The Morgan fingerprint density at radius 2 is 1.96 bits per heavy atom. The maximum Gasteiger partial charge on any atom is 0.274 e. The van der Waals surface area contributed by atoms with E-state index in [1.807, 2.05) is 29.2 Å². The van der Waals surface area contributed by atoms with Gasteiger partial charge in [-0.25, -0.2) is 4.68 Å². The zero-order chi connectivity index (χ0) is 15.1. The van der Waals surface area contributed by atoms with E-state index < -0.39 is 0 Å². The molecule has 2 saturated heterocycles. The fourth-order valence-corrected chi connectivity index (χ4v) is 3.57. The SMILES string of the molecule is Cl.O=C(c1ccn(-c2cccc(Cl)c2)n1)N1C[C@H]2CNC[C@H]2C1. The minimum atomic E-state index is 0. The summed E-state index contributed by atoms with van der Waals surface area (Å²) in [5.74, 6) is 1.22. The lowest BCUT2D eigenvalue weighted by Crippen LogP contribution is -2.32. The van der Waals surface area contributed by atoms with Crippen molar-refractivity contribution in [2.24, 2.45) is 11.8 Å². The van der Waals surface area contributed by atoms with Crippen LogP contribution in [0, 0.1) is 11.8 Å². The quantitative estimate of drug-likeness (QED) is 0.901. The number of fused-ring (bicyclic) bond motifs is 1. The van der Waals surface area contributed by atoms with Gasteiger partial charge in [-0.3, -0.25) is 4.79 Å². The number of halogens is 2. The monoisotopic (exact) mass is 352 g/mol. The van der Waals surface area contributed by atoms with Crippen LogP contribution in [0.5, 0.6) is 0 Å². The van der Waals surface area contributed by atoms with Gasteiger partial charge in [-0.1, -0.05) is 17.7 Å². The first-order chi connectivity index (χ1) is 10.7. The second-order valence-electron chi connectivity index (χ2n) is 6.01. The van der Waals surface area contributed by atoms with Crippen LogP contribution in [0.15, 0.2) is 36.5 Å². The van der Waals surface area contributed by atoms with Crippen LogP contribution in [0.3, 0.4) is 0 Å². The van der Waals surface area contributed by atoms with Gasteiger partial charge in [0.1, 0.15) is 0 Å². The Morgan fingerprint density at radius 3 is 2.65 bits per heavy atom. The van der Waals surface area contributed by atoms with Crippen molar-refractivity contribution in [3.8, 4) is 5.69 Å². The molecule has 23 heavy (non-hydrogen) atoms. The molecule has 4 rings (SSSR count). The largest absolute Gasteiger partial charge is 0.337 e. The van der Waals surface area contributed by atoms with E-state index >= 15 is 0 Å². The van der Waals surface area contributed by atoms with Gasteiger partial charge in [0.15, 0.2) is 5.69 Å². The van der Waals surface area contributed by atoms with Crippen LogP contribution in [0.1, 0.15) is 10.5 Å². The first-order valence-electron chi connectivity index (χ1n) is 7.52. The summed E-state index contributed by atoms with van der Waals surface area (Å²) in [6.45, 7) is 3.71. The summed E-state index contributed by atoms with van der Waals surface area (Å²) in [6.07, 6.45) is 1.80. The summed E-state index contributed by atoms with van der Waals surface area (Å²) in [6, 6.07) is 9.20. The van der Waals surface area contributed by atoms with Crippen LogP contribution in [-0.4, -0.2) is 46.8 Å². The lowest BCUT2D eigenvalue weighted by Gasteiger charge is -2.15. The molecule has 2 fully saturated rings. The molecule has 0 radical (unpaired) electrons. The van der Waals surface area contributed by atoms with E-state index in [9.17, 15) is 4.79 Å². The molecule has 0 saturated carbocycles. The molecule has 3 heterocycles. The highest BCUT2D eigenvalue weighted by Gasteiger charge is 2.38. The summed E-state index contributed by atoms with van der Waals surface area (Å²) >= 11 is 6.00. The van der Waals surface area contributed by atoms with Gasteiger partial charge in [0, 0.05) is 37.4 Å². The molecular weight excluding hydrogens is 335 g/mol. The Hall–Kier alpha value is -1.56. The Kier molecular flexibility index (Phi) is 4.62. The van der Waals surface area contributed by atoms with E-state index in [1.54, 1.807) is 16.9 Å². The van der Waals surface area contributed by atoms with E-state index in [0.717, 1.165) is 31.9 Å². The summed E-state index contributed by atoms with van der Waals surface area (Å²) < 4.78 is 1.69. The van der Waals surface area contributed by atoms with Crippen LogP contribution in [0.4, 0.5) is 0 Å².